The Balaban J connectivity index is 1.43. The molecule has 0 aliphatic heterocycles. The largest absolute Gasteiger partial charge is 0.476 e. The highest BCUT2D eigenvalue weighted by molar-refractivity contribution is 7.21. The number of thiazole rings is 1. The quantitative estimate of drug-likeness (QED) is 0.302. The van der Waals surface area contributed by atoms with Crippen LogP contribution < -0.4 is 15.4 Å². The Morgan fingerprint density at radius 3 is 2.74 bits per heavy atom. The SMILES string of the molecule is CCOc1nccc2sc(-c3c(C)nc(NCC4CC4)nc3NC3(O)CCC4C(O)C43O)nc12. The van der Waals surface area contributed by atoms with Crippen LogP contribution in [0.3, 0.4) is 0 Å². The fraction of sp³-hybridized carbons (Fsp3) is 0.565. The molecule has 3 aliphatic carbocycles. The van der Waals surface area contributed by atoms with Crippen LogP contribution in [0, 0.1) is 18.8 Å². The minimum Gasteiger partial charge on any atom is -0.476 e. The number of nitrogens with zero attached hydrogens (tertiary/aromatic N) is 4. The van der Waals surface area contributed by atoms with E-state index in [0.717, 1.165) is 11.2 Å². The number of ether oxygens (including phenoxy) is 1. The Kier molecular flexibility index (Phi) is 4.96. The number of hydrogen-bond donors (Lipinski definition) is 5. The van der Waals surface area contributed by atoms with E-state index in [-0.39, 0.29) is 5.92 Å². The molecule has 0 aromatic carbocycles. The molecular formula is C23H28N6O4S. The minimum atomic E-state index is -1.70. The summed E-state index contributed by atoms with van der Waals surface area (Å²) in [5, 5.41) is 39.6. The summed E-state index contributed by atoms with van der Waals surface area (Å²) >= 11 is 1.46. The third kappa shape index (κ3) is 3.33. The molecule has 3 aromatic rings. The second-order valence-corrected chi connectivity index (χ2v) is 10.5. The van der Waals surface area contributed by atoms with Gasteiger partial charge in [0.25, 0.3) is 0 Å². The first-order chi connectivity index (χ1) is 16.3. The number of aliphatic hydroxyl groups excluding tert-OH is 1. The van der Waals surface area contributed by atoms with Crippen molar-refractivity contribution in [3.05, 3.63) is 18.0 Å². The molecule has 0 saturated heterocycles. The molecular weight excluding hydrogens is 456 g/mol. The molecule has 0 spiro atoms. The number of rotatable bonds is 8. The Morgan fingerprint density at radius 2 is 2.03 bits per heavy atom. The first-order valence-electron chi connectivity index (χ1n) is 11.8. The number of hydrogen-bond acceptors (Lipinski definition) is 11. The molecule has 11 heteroatoms. The average Bonchev–Trinajstić information content (AvgIpc) is 3.63. The van der Waals surface area contributed by atoms with Crippen molar-refractivity contribution in [3.63, 3.8) is 0 Å². The van der Waals surface area contributed by atoms with Crippen LogP contribution in [0.15, 0.2) is 12.3 Å². The van der Waals surface area contributed by atoms with Gasteiger partial charge in [0.05, 0.1) is 28.7 Å². The molecule has 180 valence electrons. The van der Waals surface area contributed by atoms with Crippen molar-refractivity contribution in [2.45, 2.75) is 57.0 Å². The Bertz CT molecular complexity index is 1270. The van der Waals surface area contributed by atoms with Gasteiger partial charge in [-0.05, 0) is 51.5 Å². The predicted octanol–water partition coefficient (Wildman–Crippen LogP) is 2.29. The maximum Gasteiger partial charge on any atom is 0.241 e. The van der Waals surface area contributed by atoms with E-state index in [1.807, 2.05) is 19.9 Å². The van der Waals surface area contributed by atoms with Crippen molar-refractivity contribution in [1.29, 1.82) is 0 Å². The van der Waals surface area contributed by atoms with Gasteiger partial charge in [-0.25, -0.2) is 15.0 Å². The normalized spacial score (nSPS) is 29.8. The first kappa shape index (κ1) is 21.9. The third-order valence-corrected chi connectivity index (χ3v) is 8.24. The number of aliphatic hydroxyl groups is 3. The lowest BCUT2D eigenvalue weighted by Gasteiger charge is -2.32. The Labute approximate surface area is 200 Å². The molecule has 3 fully saturated rings. The summed E-state index contributed by atoms with van der Waals surface area (Å²) in [5.41, 5.74) is -1.32. The zero-order valence-electron chi connectivity index (χ0n) is 19.1. The fourth-order valence-electron chi connectivity index (χ4n) is 5.01. The molecule has 3 aliphatic rings. The summed E-state index contributed by atoms with van der Waals surface area (Å²) in [6, 6.07) is 1.88. The van der Waals surface area contributed by atoms with Gasteiger partial charge >= 0.3 is 0 Å². The van der Waals surface area contributed by atoms with Crippen LogP contribution in [-0.2, 0) is 0 Å². The van der Waals surface area contributed by atoms with Crippen molar-refractivity contribution >= 4 is 33.3 Å². The molecule has 4 atom stereocenters. The first-order valence-corrected chi connectivity index (χ1v) is 12.6. The number of nitrogens with one attached hydrogen (secondary N) is 2. The van der Waals surface area contributed by atoms with Gasteiger partial charge in [0.15, 0.2) is 5.72 Å². The van der Waals surface area contributed by atoms with E-state index in [1.54, 1.807) is 6.20 Å². The van der Waals surface area contributed by atoms with Crippen LogP contribution in [0.2, 0.25) is 0 Å². The lowest BCUT2D eigenvalue weighted by atomic mass is 10.0. The van der Waals surface area contributed by atoms with E-state index in [1.165, 1.54) is 24.2 Å². The number of aromatic nitrogens is 4. The van der Waals surface area contributed by atoms with Crippen LogP contribution in [-0.4, -0.2) is 65.8 Å². The van der Waals surface area contributed by atoms with Crippen LogP contribution in [0.5, 0.6) is 5.88 Å². The summed E-state index contributed by atoms with van der Waals surface area (Å²) in [4.78, 5) is 18.4. The van der Waals surface area contributed by atoms with Gasteiger partial charge in [0.2, 0.25) is 11.8 Å². The average molecular weight is 485 g/mol. The number of pyridine rings is 1. The number of fused-ring (bicyclic) bond motifs is 2. The smallest absolute Gasteiger partial charge is 0.241 e. The fourth-order valence-corrected chi connectivity index (χ4v) is 6.06. The summed E-state index contributed by atoms with van der Waals surface area (Å²) in [5.74, 6) is 1.58. The van der Waals surface area contributed by atoms with Crippen LogP contribution in [0.1, 0.15) is 38.3 Å². The maximum absolute atomic E-state index is 11.4. The van der Waals surface area contributed by atoms with E-state index in [0.29, 0.717) is 64.8 Å². The maximum atomic E-state index is 11.4. The van der Waals surface area contributed by atoms with Gasteiger partial charge in [-0.2, -0.15) is 4.98 Å². The van der Waals surface area contributed by atoms with Gasteiger partial charge in [-0.3, -0.25) is 0 Å². The molecule has 3 aromatic heterocycles. The highest BCUT2D eigenvalue weighted by Crippen LogP contribution is 2.61. The molecule has 4 unspecified atom stereocenters. The van der Waals surface area contributed by atoms with E-state index in [9.17, 15) is 15.3 Å². The molecule has 0 amide bonds. The molecule has 3 heterocycles. The van der Waals surface area contributed by atoms with Crippen molar-refractivity contribution in [2.24, 2.45) is 11.8 Å². The summed E-state index contributed by atoms with van der Waals surface area (Å²) < 4.78 is 6.56. The van der Waals surface area contributed by atoms with Gasteiger partial charge in [0, 0.05) is 18.7 Å². The highest BCUT2D eigenvalue weighted by atomic mass is 32.1. The van der Waals surface area contributed by atoms with Crippen molar-refractivity contribution in [3.8, 4) is 16.5 Å². The molecule has 0 radical (unpaired) electrons. The van der Waals surface area contributed by atoms with Crippen molar-refractivity contribution in [2.75, 3.05) is 23.8 Å². The Hall–Kier alpha value is -2.60. The number of aryl methyl sites for hydroxylation is 1. The molecule has 34 heavy (non-hydrogen) atoms. The lowest BCUT2D eigenvalue weighted by Crippen LogP contribution is -2.51. The predicted molar refractivity (Wildman–Crippen MR) is 128 cm³/mol. The molecule has 10 nitrogen and oxygen atoms in total. The van der Waals surface area contributed by atoms with Crippen LogP contribution >= 0.6 is 11.3 Å². The highest BCUT2D eigenvalue weighted by Gasteiger charge is 2.78. The van der Waals surface area contributed by atoms with Crippen LogP contribution in [0.4, 0.5) is 11.8 Å². The van der Waals surface area contributed by atoms with Gasteiger partial charge < -0.3 is 30.7 Å². The summed E-state index contributed by atoms with van der Waals surface area (Å²) in [6.07, 6.45) is 3.95. The molecule has 3 saturated carbocycles. The zero-order chi connectivity index (χ0) is 23.7. The summed E-state index contributed by atoms with van der Waals surface area (Å²) in [7, 11) is 0. The zero-order valence-corrected chi connectivity index (χ0v) is 19.9. The molecule has 0 bridgehead atoms. The topological polar surface area (TPSA) is 146 Å². The van der Waals surface area contributed by atoms with E-state index in [2.05, 4.69) is 20.6 Å². The van der Waals surface area contributed by atoms with E-state index < -0.39 is 17.4 Å². The second-order valence-electron chi connectivity index (χ2n) is 9.50. The third-order valence-electron chi connectivity index (χ3n) is 7.20. The molecule has 5 N–H and O–H groups in total. The van der Waals surface area contributed by atoms with Gasteiger partial charge in [-0.1, -0.05) is 0 Å². The van der Waals surface area contributed by atoms with E-state index >= 15 is 0 Å². The standard InChI is InChI=1S/C23H28N6O4S/c1-3-33-19-16-14(7-9-24-19)34-20(27-16)15-11(2)26-21(25-10-12-4-5-12)28-18(15)29-22(31)8-6-13-17(30)23(13,22)32/h7,9,12-13,17,30-32H,3-6,8,10H2,1-2H3,(H2,25,26,28,29). The lowest BCUT2D eigenvalue weighted by molar-refractivity contribution is -0.0851. The van der Waals surface area contributed by atoms with Gasteiger partial charge in [0.1, 0.15) is 21.9 Å². The molecule has 6 rings (SSSR count). The number of anilines is 2. The van der Waals surface area contributed by atoms with Crippen molar-refractivity contribution < 1.29 is 20.1 Å². The Morgan fingerprint density at radius 1 is 1.21 bits per heavy atom. The van der Waals surface area contributed by atoms with E-state index in [4.69, 9.17) is 14.7 Å². The second kappa shape index (κ2) is 7.70. The summed E-state index contributed by atoms with van der Waals surface area (Å²) in [6.45, 7) is 5.04. The van der Waals surface area contributed by atoms with Gasteiger partial charge in [-0.15, -0.1) is 11.3 Å². The van der Waals surface area contributed by atoms with Crippen LogP contribution in [0.25, 0.3) is 20.8 Å². The monoisotopic (exact) mass is 484 g/mol. The van der Waals surface area contributed by atoms with Crippen molar-refractivity contribution in [1.82, 2.24) is 19.9 Å². The minimum absolute atomic E-state index is 0.302.